The number of hydrogen-bond acceptors (Lipinski definition) is 0. The predicted octanol–water partition coefficient (Wildman–Crippen LogP) is 6.96. The van der Waals surface area contributed by atoms with E-state index in [1.807, 2.05) is 0 Å². The SMILES string of the molecule is C(#C[Si](c1ccccc1)(c1ccccc1)c1ccccc1)c1cccc2cccc(C#C[Si](c3ccccc3)(c3ccccc3)c3ccccc3)c12. The Labute approximate surface area is 309 Å². The summed E-state index contributed by atoms with van der Waals surface area (Å²) >= 11 is 0. The fourth-order valence-corrected chi connectivity index (χ4v) is 15.1. The van der Waals surface area contributed by atoms with Gasteiger partial charge in [-0.2, -0.15) is 0 Å². The molecule has 0 amide bonds. The van der Waals surface area contributed by atoms with E-state index in [1.165, 1.54) is 31.1 Å². The molecular formula is C50H36Si2. The third kappa shape index (κ3) is 6.12. The standard InChI is InChI=1S/C50H36Si2/c1-7-25-44(26-8-1)51(45-27-9-2-10-28-45,46-29-11-3-12-30-46)39-37-42-23-19-21-41-22-20-24-43(50(41)42)38-40-52(47-31-13-4-14-32-47,48-33-15-5-16-34-48)49-35-17-6-18-36-49/h1-36H. The highest BCUT2D eigenvalue weighted by molar-refractivity contribution is 7.17. The Morgan fingerprint density at radius 2 is 0.500 bits per heavy atom. The highest BCUT2D eigenvalue weighted by atomic mass is 28.3. The van der Waals surface area contributed by atoms with Gasteiger partial charge in [0.05, 0.1) is 0 Å². The highest BCUT2D eigenvalue weighted by Gasteiger charge is 2.39. The van der Waals surface area contributed by atoms with Gasteiger partial charge in [-0.05, 0) is 48.6 Å². The summed E-state index contributed by atoms with van der Waals surface area (Å²) in [5.74, 6) is 7.62. The molecule has 0 nitrogen and oxygen atoms in total. The lowest BCUT2D eigenvalue weighted by atomic mass is 10.00. The third-order valence-corrected chi connectivity index (χ3v) is 18.1. The average Bonchev–Trinajstić information content (AvgIpc) is 3.24. The lowest BCUT2D eigenvalue weighted by Crippen LogP contribution is -2.66. The first kappa shape index (κ1) is 32.8. The first-order valence-corrected chi connectivity index (χ1v) is 21.7. The number of rotatable bonds is 6. The van der Waals surface area contributed by atoms with Crippen molar-refractivity contribution in [2.24, 2.45) is 0 Å². The molecule has 0 radical (unpaired) electrons. The van der Waals surface area contributed by atoms with E-state index >= 15 is 0 Å². The number of hydrogen-bond donors (Lipinski definition) is 0. The molecule has 0 bridgehead atoms. The average molecular weight is 693 g/mol. The Hall–Kier alpha value is -6.43. The first-order valence-electron chi connectivity index (χ1n) is 17.7. The molecule has 0 saturated carbocycles. The second-order valence-corrected chi connectivity index (χ2v) is 19.9. The van der Waals surface area contributed by atoms with Crippen molar-refractivity contribution in [3.63, 3.8) is 0 Å². The molecule has 2 heteroatoms. The van der Waals surface area contributed by atoms with E-state index in [0.29, 0.717) is 0 Å². The molecule has 8 aromatic rings. The maximum atomic E-state index is 4.02. The Balaban J connectivity index is 1.38. The van der Waals surface area contributed by atoms with Gasteiger partial charge in [0, 0.05) is 16.5 Å². The van der Waals surface area contributed by atoms with Gasteiger partial charge in [-0.25, -0.2) is 0 Å². The normalized spacial score (nSPS) is 11.2. The molecule has 0 unspecified atom stereocenters. The van der Waals surface area contributed by atoms with Crippen molar-refractivity contribution >= 4 is 58.0 Å². The van der Waals surface area contributed by atoms with Crippen LogP contribution in [0.4, 0.5) is 0 Å². The van der Waals surface area contributed by atoms with Crippen LogP contribution < -0.4 is 31.1 Å². The minimum Gasteiger partial charge on any atom is -0.109 e. The van der Waals surface area contributed by atoms with Crippen LogP contribution in [0.1, 0.15) is 11.1 Å². The number of fused-ring (bicyclic) bond motifs is 1. The maximum Gasteiger partial charge on any atom is 0.230 e. The third-order valence-electron chi connectivity index (χ3n) is 9.91. The lowest BCUT2D eigenvalue weighted by molar-refractivity contribution is 1.66. The van der Waals surface area contributed by atoms with Crippen molar-refractivity contribution in [2.45, 2.75) is 0 Å². The van der Waals surface area contributed by atoms with Gasteiger partial charge in [-0.3, -0.25) is 0 Å². The summed E-state index contributed by atoms with van der Waals surface area (Å²) in [4.78, 5) is 0. The van der Waals surface area contributed by atoms with Crippen LogP contribution in [0.2, 0.25) is 0 Å². The Kier molecular flexibility index (Phi) is 9.34. The summed E-state index contributed by atoms with van der Waals surface area (Å²) in [6, 6.07) is 78.1. The van der Waals surface area contributed by atoms with Crippen LogP contribution in [0.3, 0.4) is 0 Å². The van der Waals surface area contributed by atoms with Crippen molar-refractivity contribution in [3.8, 4) is 22.9 Å². The summed E-state index contributed by atoms with van der Waals surface area (Å²) in [6.45, 7) is 0. The zero-order valence-corrected chi connectivity index (χ0v) is 30.8. The summed E-state index contributed by atoms with van der Waals surface area (Å²) in [5.41, 5.74) is 10.0. The molecule has 0 N–H and O–H groups in total. The zero-order valence-electron chi connectivity index (χ0n) is 28.8. The molecule has 0 aliphatic carbocycles. The first-order chi connectivity index (χ1) is 25.8. The van der Waals surface area contributed by atoms with Crippen LogP contribution >= 0.6 is 0 Å². The molecule has 0 spiro atoms. The Bertz CT molecular complexity index is 2170. The largest absolute Gasteiger partial charge is 0.230 e. The summed E-state index contributed by atoms with van der Waals surface area (Å²) in [5, 5.41) is 9.84. The van der Waals surface area contributed by atoms with Crippen LogP contribution in [0.15, 0.2) is 218 Å². The maximum absolute atomic E-state index is 4.02. The Morgan fingerprint density at radius 3 is 0.750 bits per heavy atom. The molecule has 8 rings (SSSR count). The van der Waals surface area contributed by atoms with E-state index in [1.54, 1.807) is 0 Å². The van der Waals surface area contributed by atoms with Gasteiger partial charge < -0.3 is 0 Å². The summed E-state index contributed by atoms with van der Waals surface area (Å²) in [6.07, 6.45) is 0. The van der Waals surface area contributed by atoms with Gasteiger partial charge in [-0.1, -0.05) is 218 Å². The van der Waals surface area contributed by atoms with Gasteiger partial charge in [-0.15, -0.1) is 11.1 Å². The van der Waals surface area contributed by atoms with Crippen molar-refractivity contribution < 1.29 is 0 Å². The van der Waals surface area contributed by atoms with Crippen LogP contribution in [0.5, 0.6) is 0 Å². The van der Waals surface area contributed by atoms with Gasteiger partial charge in [0.25, 0.3) is 0 Å². The fraction of sp³-hybridized carbons (Fsp3) is 0. The molecule has 0 heterocycles. The molecule has 52 heavy (non-hydrogen) atoms. The van der Waals surface area contributed by atoms with Crippen molar-refractivity contribution in [1.29, 1.82) is 0 Å². The minimum atomic E-state index is -2.78. The smallest absolute Gasteiger partial charge is 0.109 e. The van der Waals surface area contributed by atoms with E-state index < -0.39 is 16.1 Å². The van der Waals surface area contributed by atoms with Crippen molar-refractivity contribution in [2.75, 3.05) is 0 Å². The van der Waals surface area contributed by atoms with E-state index in [0.717, 1.165) is 21.9 Å². The molecule has 0 fully saturated rings. The van der Waals surface area contributed by atoms with Crippen molar-refractivity contribution in [1.82, 2.24) is 0 Å². The van der Waals surface area contributed by atoms with E-state index in [-0.39, 0.29) is 0 Å². The molecule has 8 aromatic carbocycles. The second-order valence-electron chi connectivity index (χ2n) is 12.9. The van der Waals surface area contributed by atoms with E-state index in [2.05, 4.69) is 241 Å². The molecule has 244 valence electrons. The van der Waals surface area contributed by atoms with Crippen LogP contribution in [-0.2, 0) is 0 Å². The molecule has 0 atom stereocenters. The monoisotopic (exact) mass is 692 g/mol. The zero-order chi connectivity index (χ0) is 35.1. The lowest BCUT2D eigenvalue weighted by Gasteiger charge is -2.28. The molecule has 0 aromatic heterocycles. The molecule has 0 aliphatic rings. The van der Waals surface area contributed by atoms with Crippen LogP contribution in [0.25, 0.3) is 10.8 Å². The number of benzene rings is 8. The molecule has 0 saturated heterocycles. The topological polar surface area (TPSA) is 0 Å². The van der Waals surface area contributed by atoms with Gasteiger partial charge >= 0.3 is 0 Å². The van der Waals surface area contributed by atoms with Gasteiger partial charge in [0.1, 0.15) is 0 Å². The van der Waals surface area contributed by atoms with Crippen LogP contribution in [0, 0.1) is 22.9 Å². The molecular weight excluding hydrogens is 657 g/mol. The Morgan fingerprint density at radius 1 is 0.250 bits per heavy atom. The van der Waals surface area contributed by atoms with Gasteiger partial charge in [0.2, 0.25) is 16.1 Å². The summed E-state index contributed by atoms with van der Waals surface area (Å²) in [7, 11) is -5.56. The predicted molar refractivity (Wildman–Crippen MR) is 226 cm³/mol. The second kappa shape index (κ2) is 14.8. The van der Waals surface area contributed by atoms with E-state index in [4.69, 9.17) is 0 Å². The van der Waals surface area contributed by atoms with Crippen LogP contribution in [-0.4, -0.2) is 16.1 Å². The quantitative estimate of drug-likeness (QED) is 0.101. The summed E-state index contributed by atoms with van der Waals surface area (Å²) < 4.78 is 0. The molecule has 0 aliphatic heterocycles. The van der Waals surface area contributed by atoms with Crippen molar-refractivity contribution in [3.05, 3.63) is 230 Å². The fourth-order valence-electron chi connectivity index (χ4n) is 7.43. The minimum absolute atomic E-state index is 0.994. The van der Waals surface area contributed by atoms with Gasteiger partial charge in [0.15, 0.2) is 0 Å². The highest BCUT2D eigenvalue weighted by Crippen LogP contribution is 2.23. The van der Waals surface area contributed by atoms with E-state index in [9.17, 15) is 0 Å².